The number of amides is 1. The number of hydrogen-bond donors (Lipinski definition) is 1. The van der Waals surface area contributed by atoms with Gasteiger partial charge in [0.05, 0.1) is 23.8 Å². The maximum absolute atomic E-state index is 13.2. The minimum absolute atomic E-state index is 0.0248. The van der Waals surface area contributed by atoms with Crippen LogP contribution in [0.3, 0.4) is 0 Å². The number of aryl methyl sites for hydroxylation is 1. The second kappa shape index (κ2) is 9.02. The molecule has 3 aromatic rings. The van der Waals surface area contributed by atoms with E-state index in [0.29, 0.717) is 16.9 Å². The first-order valence-corrected chi connectivity index (χ1v) is 9.40. The van der Waals surface area contributed by atoms with Gasteiger partial charge in [-0.3, -0.25) is 4.79 Å². The monoisotopic (exact) mass is 417 g/mol. The highest BCUT2D eigenvalue weighted by molar-refractivity contribution is 5.79. The lowest BCUT2D eigenvalue weighted by molar-refractivity contribution is -0.121. The Labute approximate surface area is 172 Å². The van der Waals surface area contributed by atoms with E-state index in [4.69, 9.17) is 0 Å². The predicted octanol–water partition coefficient (Wildman–Crippen LogP) is 4.65. The first-order valence-electron chi connectivity index (χ1n) is 9.40. The minimum atomic E-state index is -2.95. The van der Waals surface area contributed by atoms with Crippen molar-refractivity contribution in [2.24, 2.45) is 0 Å². The maximum atomic E-state index is 13.2. The number of alkyl halides is 2. The maximum Gasteiger partial charge on any atom is 0.387 e. The van der Waals surface area contributed by atoms with Gasteiger partial charge < -0.3 is 10.1 Å². The number of hydrogen-bond acceptors (Lipinski definition) is 3. The van der Waals surface area contributed by atoms with Crippen LogP contribution in [0, 0.1) is 19.7 Å². The fraction of sp³-hybridized carbons (Fsp3) is 0.273. The quantitative estimate of drug-likeness (QED) is 0.609. The number of rotatable bonds is 7. The van der Waals surface area contributed by atoms with Crippen LogP contribution >= 0.6 is 0 Å². The molecule has 0 bridgehead atoms. The molecule has 1 aromatic heterocycles. The van der Waals surface area contributed by atoms with Crippen LogP contribution in [-0.2, 0) is 11.2 Å². The Balaban J connectivity index is 1.75. The molecule has 0 fully saturated rings. The molecular formula is C22H22F3N3O2. The van der Waals surface area contributed by atoms with Crippen LogP contribution in [0.1, 0.15) is 35.5 Å². The summed E-state index contributed by atoms with van der Waals surface area (Å²) in [5.74, 6) is -0.596. The molecule has 0 unspecified atom stereocenters. The standard InChI is InChI=1S/C22H22F3N3O2/c1-13(18-6-4-5-7-20(18)30-22(24)25)26-21(29)12-19-14(2)27-28(15(19)3)17-10-8-16(23)9-11-17/h4-11,13,22H,12H2,1-3H3,(H,26,29)/t13-/m0/s1. The highest BCUT2D eigenvalue weighted by atomic mass is 19.3. The Morgan fingerprint density at radius 3 is 2.47 bits per heavy atom. The molecule has 5 nitrogen and oxygen atoms in total. The third kappa shape index (κ3) is 4.82. The molecule has 0 spiro atoms. The zero-order valence-corrected chi connectivity index (χ0v) is 16.8. The summed E-state index contributed by atoms with van der Waals surface area (Å²) >= 11 is 0. The van der Waals surface area contributed by atoms with Crippen molar-refractivity contribution in [1.29, 1.82) is 0 Å². The Bertz CT molecular complexity index is 1030. The number of para-hydroxylation sites is 1. The minimum Gasteiger partial charge on any atom is -0.434 e. The van der Waals surface area contributed by atoms with Gasteiger partial charge in [-0.05, 0) is 51.1 Å². The van der Waals surface area contributed by atoms with Gasteiger partial charge in [0.15, 0.2) is 0 Å². The van der Waals surface area contributed by atoms with Gasteiger partial charge in [-0.15, -0.1) is 0 Å². The number of ether oxygens (including phenoxy) is 1. The van der Waals surface area contributed by atoms with Crippen molar-refractivity contribution in [3.63, 3.8) is 0 Å². The van der Waals surface area contributed by atoms with Crippen molar-refractivity contribution in [3.05, 3.63) is 76.9 Å². The fourth-order valence-electron chi connectivity index (χ4n) is 3.34. The second-order valence-electron chi connectivity index (χ2n) is 6.92. The molecule has 0 saturated heterocycles. The van der Waals surface area contributed by atoms with E-state index in [-0.39, 0.29) is 23.9 Å². The Morgan fingerprint density at radius 2 is 1.80 bits per heavy atom. The van der Waals surface area contributed by atoms with E-state index < -0.39 is 12.7 Å². The van der Waals surface area contributed by atoms with Crippen molar-refractivity contribution in [2.75, 3.05) is 0 Å². The average Bonchev–Trinajstić information content (AvgIpc) is 2.96. The van der Waals surface area contributed by atoms with Crippen molar-refractivity contribution < 1.29 is 22.7 Å². The third-order valence-electron chi connectivity index (χ3n) is 4.83. The van der Waals surface area contributed by atoms with Gasteiger partial charge in [0.2, 0.25) is 5.91 Å². The molecule has 0 aliphatic carbocycles. The van der Waals surface area contributed by atoms with Gasteiger partial charge in [0.1, 0.15) is 11.6 Å². The van der Waals surface area contributed by atoms with E-state index in [1.807, 2.05) is 6.92 Å². The number of nitrogens with zero attached hydrogens (tertiary/aromatic N) is 2. The average molecular weight is 417 g/mol. The fourth-order valence-corrected chi connectivity index (χ4v) is 3.34. The largest absolute Gasteiger partial charge is 0.434 e. The summed E-state index contributed by atoms with van der Waals surface area (Å²) in [5.41, 5.74) is 3.35. The summed E-state index contributed by atoms with van der Waals surface area (Å²) < 4.78 is 44.6. The molecule has 158 valence electrons. The van der Waals surface area contributed by atoms with E-state index in [1.165, 1.54) is 18.2 Å². The zero-order valence-electron chi connectivity index (χ0n) is 16.8. The Kier molecular flexibility index (Phi) is 6.44. The Hall–Kier alpha value is -3.29. The lowest BCUT2D eigenvalue weighted by Gasteiger charge is -2.18. The van der Waals surface area contributed by atoms with Crippen molar-refractivity contribution in [3.8, 4) is 11.4 Å². The van der Waals surface area contributed by atoms with Gasteiger partial charge in [0.25, 0.3) is 0 Å². The van der Waals surface area contributed by atoms with E-state index in [1.54, 1.807) is 48.9 Å². The molecule has 1 N–H and O–H groups in total. The molecule has 2 aromatic carbocycles. The number of halogens is 3. The van der Waals surface area contributed by atoms with Crippen molar-refractivity contribution in [1.82, 2.24) is 15.1 Å². The SMILES string of the molecule is Cc1nn(-c2ccc(F)cc2)c(C)c1CC(=O)N[C@@H](C)c1ccccc1OC(F)F. The van der Waals surface area contributed by atoms with Gasteiger partial charge in [-0.1, -0.05) is 18.2 Å². The van der Waals surface area contributed by atoms with E-state index >= 15 is 0 Å². The van der Waals surface area contributed by atoms with Crippen molar-refractivity contribution in [2.45, 2.75) is 39.8 Å². The highest BCUT2D eigenvalue weighted by Crippen LogP contribution is 2.26. The zero-order chi connectivity index (χ0) is 21.8. The molecule has 3 rings (SSSR count). The normalized spacial score (nSPS) is 12.1. The lowest BCUT2D eigenvalue weighted by atomic mass is 10.1. The van der Waals surface area contributed by atoms with Gasteiger partial charge in [-0.2, -0.15) is 13.9 Å². The van der Waals surface area contributed by atoms with Crippen LogP contribution in [0.25, 0.3) is 5.69 Å². The molecule has 0 radical (unpaired) electrons. The first kappa shape index (κ1) is 21.4. The third-order valence-corrected chi connectivity index (χ3v) is 4.83. The van der Waals surface area contributed by atoms with Crippen LogP contribution < -0.4 is 10.1 Å². The topological polar surface area (TPSA) is 56.2 Å². The molecule has 1 amide bonds. The summed E-state index contributed by atoms with van der Waals surface area (Å²) in [6.45, 7) is 2.39. The second-order valence-corrected chi connectivity index (χ2v) is 6.92. The van der Waals surface area contributed by atoms with Gasteiger partial charge in [-0.25, -0.2) is 9.07 Å². The van der Waals surface area contributed by atoms with Gasteiger partial charge in [0, 0.05) is 16.8 Å². The van der Waals surface area contributed by atoms with E-state index in [0.717, 1.165) is 11.3 Å². The summed E-state index contributed by atoms with van der Waals surface area (Å²) in [6.07, 6.45) is 0.0705. The molecule has 0 saturated carbocycles. The van der Waals surface area contributed by atoms with Crippen LogP contribution in [0.4, 0.5) is 13.2 Å². The Morgan fingerprint density at radius 1 is 1.13 bits per heavy atom. The molecule has 1 atom stereocenters. The predicted molar refractivity (Wildman–Crippen MR) is 106 cm³/mol. The van der Waals surface area contributed by atoms with Crippen LogP contribution in [0.2, 0.25) is 0 Å². The lowest BCUT2D eigenvalue weighted by Crippen LogP contribution is -2.29. The van der Waals surface area contributed by atoms with Gasteiger partial charge >= 0.3 is 6.61 Å². The van der Waals surface area contributed by atoms with Crippen LogP contribution in [0.15, 0.2) is 48.5 Å². The summed E-state index contributed by atoms with van der Waals surface area (Å²) in [7, 11) is 0. The number of carbonyl (C=O) groups is 1. The first-order chi connectivity index (χ1) is 14.3. The smallest absolute Gasteiger partial charge is 0.387 e. The molecule has 1 heterocycles. The van der Waals surface area contributed by atoms with Crippen molar-refractivity contribution >= 4 is 5.91 Å². The number of carbonyl (C=O) groups excluding carboxylic acids is 1. The number of nitrogens with one attached hydrogen (secondary N) is 1. The van der Waals surface area contributed by atoms with Crippen LogP contribution in [-0.4, -0.2) is 22.3 Å². The van der Waals surface area contributed by atoms with Crippen LogP contribution in [0.5, 0.6) is 5.75 Å². The molecule has 0 aliphatic heterocycles. The molecular weight excluding hydrogens is 395 g/mol. The van der Waals surface area contributed by atoms with E-state index in [9.17, 15) is 18.0 Å². The summed E-state index contributed by atoms with van der Waals surface area (Å²) in [4.78, 5) is 12.6. The highest BCUT2D eigenvalue weighted by Gasteiger charge is 2.20. The number of aromatic nitrogens is 2. The molecule has 30 heavy (non-hydrogen) atoms. The van der Waals surface area contributed by atoms with E-state index in [2.05, 4.69) is 15.2 Å². The molecule has 0 aliphatic rings. The molecule has 8 heteroatoms. The summed E-state index contributed by atoms with van der Waals surface area (Å²) in [5, 5.41) is 7.28. The summed E-state index contributed by atoms with van der Waals surface area (Å²) in [6, 6.07) is 11.7. The number of benzene rings is 2.